The van der Waals surface area contributed by atoms with Crippen LogP contribution in [0, 0.1) is 0 Å². The second-order valence-corrected chi connectivity index (χ2v) is 6.28. The van der Waals surface area contributed by atoms with E-state index in [0.717, 1.165) is 0 Å². The zero-order valence-corrected chi connectivity index (χ0v) is 14.7. The van der Waals surface area contributed by atoms with Crippen LogP contribution in [0.1, 0.15) is 31.7 Å². The predicted octanol–water partition coefficient (Wildman–Crippen LogP) is 3.31. The Labute approximate surface area is 155 Å². The van der Waals surface area contributed by atoms with E-state index >= 15 is 0 Å². The smallest absolute Gasteiger partial charge is 0.407 e. The number of benzene rings is 2. The van der Waals surface area contributed by atoms with Crippen LogP contribution in [-0.4, -0.2) is 43.7 Å². The number of hydrogen-bond acceptors (Lipinski definition) is 4. The molecule has 0 fully saturated rings. The van der Waals surface area contributed by atoms with Gasteiger partial charge in [-0.15, -0.1) is 0 Å². The first-order valence-electron chi connectivity index (χ1n) is 9.55. The molecule has 0 aliphatic heterocycles. The van der Waals surface area contributed by atoms with E-state index in [2.05, 4.69) is 29.6 Å². The Kier molecular flexibility index (Phi) is 5.79. The minimum atomic E-state index is -0.459. The Morgan fingerprint density at radius 1 is 1.19 bits per heavy atom. The molecule has 0 spiro atoms. The first kappa shape index (κ1) is 17.1. The lowest BCUT2D eigenvalue weighted by atomic mass is 9.98. The molecule has 1 atom stereocenters. The van der Waals surface area contributed by atoms with Crippen LogP contribution in [-0.2, 0) is 9.47 Å². The summed E-state index contributed by atoms with van der Waals surface area (Å²) in [7, 11) is 0. The highest BCUT2D eigenvalue weighted by molar-refractivity contribution is 5.79. The van der Waals surface area contributed by atoms with Gasteiger partial charge in [-0.25, -0.2) is 4.79 Å². The Morgan fingerprint density at radius 2 is 1.85 bits per heavy atom. The number of rotatable bonds is 8. The van der Waals surface area contributed by atoms with Gasteiger partial charge in [0.05, 0.1) is 12.7 Å². The van der Waals surface area contributed by atoms with Gasteiger partial charge in [-0.3, -0.25) is 0 Å². The molecule has 2 N–H and O–H groups in total. The van der Waals surface area contributed by atoms with Crippen LogP contribution in [0.3, 0.4) is 0 Å². The van der Waals surface area contributed by atoms with E-state index in [1.807, 2.05) is 24.3 Å². The van der Waals surface area contributed by atoms with E-state index in [1.165, 1.54) is 22.3 Å². The lowest BCUT2D eigenvalue weighted by Gasteiger charge is -2.15. The van der Waals surface area contributed by atoms with Crippen molar-refractivity contribution in [2.75, 3.05) is 26.4 Å². The molecular formula is C21H25NO4. The molecule has 2 aromatic carbocycles. The second kappa shape index (κ2) is 8.83. The fourth-order valence-electron chi connectivity index (χ4n) is 3.21. The summed E-state index contributed by atoms with van der Waals surface area (Å²) in [6, 6.07) is 16.4. The van der Waals surface area contributed by atoms with Crippen molar-refractivity contribution in [1.82, 2.24) is 5.32 Å². The van der Waals surface area contributed by atoms with Gasteiger partial charge in [-0.1, -0.05) is 48.5 Å². The van der Waals surface area contributed by atoms with Crippen molar-refractivity contribution in [3.05, 3.63) is 59.7 Å². The molecule has 2 aromatic rings. The summed E-state index contributed by atoms with van der Waals surface area (Å²) in [5.74, 6) is 0.0499. The number of ether oxygens (including phenoxy) is 2. The SMILES string of the molecule is [2H]C[C@@H](CO)OCCCNC(=O)OCC1c2ccccc2-c2ccccc21. The molecule has 1 amide bonds. The van der Waals surface area contributed by atoms with Crippen LogP contribution in [0.15, 0.2) is 48.5 Å². The van der Waals surface area contributed by atoms with Crippen LogP contribution in [0.2, 0.25) is 0 Å². The summed E-state index contributed by atoms with van der Waals surface area (Å²) in [6.07, 6.45) is -0.309. The van der Waals surface area contributed by atoms with E-state index < -0.39 is 12.2 Å². The van der Waals surface area contributed by atoms with E-state index in [4.69, 9.17) is 16.0 Å². The summed E-state index contributed by atoms with van der Waals surface area (Å²) >= 11 is 0. The average molecular weight is 356 g/mol. The molecule has 1 aliphatic rings. The maximum absolute atomic E-state index is 12.0. The van der Waals surface area contributed by atoms with Gasteiger partial charge in [-0.05, 0) is 35.6 Å². The molecule has 0 radical (unpaired) electrons. The number of amides is 1. The van der Waals surface area contributed by atoms with Crippen LogP contribution in [0.25, 0.3) is 11.1 Å². The zero-order valence-electron chi connectivity index (χ0n) is 15.7. The van der Waals surface area contributed by atoms with E-state index in [1.54, 1.807) is 0 Å². The normalized spacial score (nSPS) is 14.3. The third kappa shape index (κ3) is 4.23. The van der Waals surface area contributed by atoms with Gasteiger partial charge in [0.15, 0.2) is 0 Å². The third-order valence-corrected chi connectivity index (χ3v) is 4.49. The van der Waals surface area contributed by atoms with E-state index in [0.29, 0.717) is 26.2 Å². The molecular weight excluding hydrogens is 330 g/mol. The fraction of sp³-hybridized carbons (Fsp3) is 0.381. The molecule has 0 saturated carbocycles. The minimum Gasteiger partial charge on any atom is -0.449 e. The summed E-state index contributed by atoms with van der Waals surface area (Å²) in [5, 5.41) is 11.7. The fourth-order valence-corrected chi connectivity index (χ4v) is 3.21. The van der Waals surface area contributed by atoms with Gasteiger partial charge in [0.25, 0.3) is 0 Å². The average Bonchev–Trinajstić information content (AvgIpc) is 3.03. The summed E-state index contributed by atoms with van der Waals surface area (Å²) in [6.45, 7) is 0.960. The predicted molar refractivity (Wildman–Crippen MR) is 100 cm³/mol. The monoisotopic (exact) mass is 356 g/mol. The van der Waals surface area contributed by atoms with Crippen molar-refractivity contribution >= 4 is 6.09 Å². The summed E-state index contributed by atoms with van der Waals surface area (Å²) in [5.41, 5.74) is 4.77. The van der Waals surface area contributed by atoms with Gasteiger partial charge < -0.3 is 19.9 Å². The quantitative estimate of drug-likeness (QED) is 0.712. The van der Waals surface area contributed by atoms with Crippen molar-refractivity contribution in [3.63, 3.8) is 0 Å². The molecule has 0 aromatic heterocycles. The topological polar surface area (TPSA) is 67.8 Å². The molecule has 1 aliphatic carbocycles. The van der Waals surface area contributed by atoms with Crippen molar-refractivity contribution in [2.24, 2.45) is 0 Å². The number of alkyl carbamates (subject to hydrolysis) is 1. The van der Waals surface area contributed by atoms with Crippen LogP contribution in [0.5, 0.6) is 0 Å². The highest BCUT2D eigenvalue weighted by atomic mass is 16.5. The molecule has 0 unspecified atom stereocenters. The van der Waals surface area contributed by atoms with Crippen LogP contribution >= 0.6 is 0 Å². The number of aliphatic hydroxyl groups excluding tert-OH is 1. The molecule has 26 heavy (non-hydrogen) atoms. The van der Waals surface area contributed by atoms with E-state index in [9.17, 15) is 4.79 Å². The lowest BCUT2D eigenvalue weighted by Crippen LogP contribution is -2.28. The Balaban J connectivity index is 1.47. The highest BCUT2D eigenvalue weighted by Gasteiger charge is 2.28. The van der Waals surface area contributed by atoms with Gasteiger partial charge in [0.2, 0.25) is 0 Å². The Bertz CT molecular complexity index is 718. The van der Waals surface area contributed by atoms with Gasteiger partial charge in [0.1, 0.15) is 6.61 Å². The number of aliphatic hydroxyl groups is 1. The first-order valence-corrected chi connectivity index (χ1v) is 8.85. The largest absolute Gasteiger partial charge is 0.449 e. The second-order valence-electron chi connectivity index (χ2n) is 6.28. The molecule has 5 heteroatoms. The Morgan fingerprint density at radius 3 is 2.46 bits per heavy atom. The Hall–Kier alpha value is -2.37. The summed E-state index contributed by atoms with van der Waals surface area (Å²) < 4.78 is 17.9. The molecule has 3 rings (SSSR count). The van der Waals surface area contributed by atoms with Gasteiger partial charge in [0, 0.05) is 20.4 Å². The molecule has 0 bridgehead atoms. The van der Waals surface area contributed by atoms with Crippen molar-refractivity contribution < 1.29 is 20.7 Å². The number of nitrogens with one attached hydrogen (secondary N) is 1. The number of fused-ring (bicyclic) bond motifs is 3. The molecule has 0 heterocycles. The zero-order chi connectivity index (χ0) is 19.1. The molecule has 138 valence electrons. The van der Waals surface area contributed by atoms with Crippen molar-refractivity contribution in [2.45, 2.75) is 25.3 Å². The van der Waals surface area contributed by atoms with Crippen molar-refractivity contribution in [3.8, 4) is 11.1 Å². The number of carbonyl (C=O) groups is 1. The standard InChI is InChI=1S/C21H25NO4/c1-15(13-23)25-12-6-11-22-21(24)26-14-20-18-9-4-2-7-16(18)17-8-3-5-10-19(17)20/h2-5,7-10,15,20,23H,6,11-14H2,1H3,(H,22,24)/t15-/m0/s1/i1D. The minimum absolute atomic E-state index is 0.0241. The maximum atomic E-state index is 12.0. The summed E-state index contributed by atoms with van der Waals surface area (Å²) in [4.78, 5) is 12.0. The third-order valence-electron chi connectivity index (χ3n) is 4.49. The van der Waals surface area contributed by atoms with Gasteiger partial charge >= 0.3 is 6.09 Å². The highest BCUT2D eigenvalue weighted by Crippen LogP contribution is 2.44. The van der Waals surface area contributed by atoms with Crippen LogP contribution < -0.4 is 5.32 Å². The molecule has 0 saturated heterocycles. The number of hydrogen-bond donors (Lipinski definition) is 2. The lowest BCUT2D eigenvalue weighted by molar-refractivity contribution is 0.0239. The first-order chi connectivity index (χ1) is 13.2. The maximum Gasteiger partial charge on any atom is 0.407 e. The van der Waals surface area contributed by atoms with Gasteiger partial charge in [-0.2, -0.15) is 0 Å². The van der Waals surface area contributed by atoms with Crippen molar-refractivity contribution in [1.29, 1.82) is 0 Å². The van der Waals surface area contributed by atoms with E-state index in [-0.39, 0.29) is 19.4 Å². The number of carbonyl (C=O) groups excluding carboxylic acids is 1. The van der Waals surface area contributed by atoms with Crippen LogP contribution in [0.4, 0.5) is 4.79 Å². The molecule has 5 nitrogen and oxygen atoms in total.